The summed E-state index contributed by atoms with van der Waals surface area (Å²) in [5, 5.41) is 0. The van der Waals surface area contributed by atoms with Gasteiger partial charge in [0.15, 0.2) is 0 Å². The van der Waals surface area contributed by atoms with Crippen molar-refractivity contribution >= 4 is 27.7 Å². The molecule has 2 rings (SSSR count). The van der Waals surface area contributed by atoms with Gasteiger partial charge < -0.3 is 0 Å². The number of rotatable bonds is 10. The fraction of sp³-hybridized carbons (Fsp3) is 0.682. The summed E-state index contributed by atoms with van der Waals surface area (Å²) < 4.78 is 6.20. The van der Waals surface area contributed by atoms with Gasteiger partial charge in [-0.05, 0) is 0 Å². The van der Waals surface area contributed by atoms with Crippen molar-refractivity contribution in [3.63, 3.8) is 0 Å². The van der Waals surface area contributed by atoms with Crippen molar-refractivity contribution in [1.82, 2.24) is 0 Å². The first-order valence-electron chi connectivity index (χ1n) is 10.3. The molecule has 1 aliphatic rings. The van der Waals surface area contributed by atoms with Crippen LogP contribution in [-0.2, 0) is 6.42 Å². The van der Waals surface area contributed by atoms with E-state index >= 15 is 0 Å². The summed E-state index contributed by atoms with van der Waals surface area (Å²) >= 11 is -2.42. The number of ketones is 1. The van der Waals surface area contributed by atoms with Gasteiger partial charge in [-0.15, -0.1) is 0 Å². The van der Waals surface area contributed by atoms with Crippen molar-refractivity contribution in [3.8, 4) is 0 Å². The summed E-state index contributed by atoms with van der Waals surface area (Å²) in [7, 11) is 0. The van der Waals surface area contributed by atoms with Gasteiger partial charge in [0, 0.05) is 0 Å². The zero-order valence-electron chi connectivity index (χ0n) is 16.3. The number of carbonyl (C=O) groups is 1. The number of hydrogen-bond acceptors (Lipinski definition) is 1. The molecule has 24 heavy (non-hydrogen) atoms. The average Bonchev–Trinajstić information content (AvgIpc) is 2.89. The van der Waals surface area contributed by atoms with Gasteiger partial charge in [-0.2, -0.15) is 0 Å². The standard InChI is InChI=1S/C10H9O.3C4H9.Sn/c1-7-6-8-4-2-3-5-9(8)10(7)11;3*1-3-4-2;/h2-3,5,7H,6H2,1H3;3*1,3-4H2,2H3;. The second kappa shape index (κ2) is 9.40. The third kappa shape index (κ3) is 4.26. The Labute approximate surface area is 153 Å². The van der Waals surface area contributed by atoms with Crippen LogP contribution in [0.1, 0.15) is 82.1 Å². The van der Waals surface area contributed by atoms with E-state index in [1.165, 1.54) is 57.4 Å². The summed E-state index contributed by atoms with van der Waals surface area (Å²) in [6.07, 6.45) is 9.08. The van der Waals surface area contributed by atoms with Gasteiger partial charge in [0.05, 0.1) is 0 Å². The Bertz CT molecular complexity index is 527. The molecule has 0 aromatic heterocycles. The molecule has 0 fully saturated rings. The third-order valence-electron chi connectivity index (χ3n) is 6.00. The Balaban J connectivity index is 2.47. The number of benzene rings is 1. The third-order valence-corrected chi connectivity index (χ3v) is 21.8. The first kappa shape index (κ1) is 20.0. The average molecular weight is 435 g/mol. The Morgan fingerprint density at radius 1 is 0.958 bits per heavy atom. The van der Waals surface area contributed by atoms with Crippen LogP contribution in [0.4, 0.5) is 0 Å². The zero-order valence-corrected chi connectivity index (χ0v) is 19.1. The molecular weight excluding hydrogens is 399 g/mol. The van der Waals surface area contributed by atoms with E-state index < -0.39 is 18.4 Å². The van der Waals surface area contributed by atoms with Crippen molar-refractivity contribution in [3.05, 3.63) is 29.3 Å². The van der Waals surface area contributed by atoms with Gasteiger partial charge in [-0.25, -0.2) is 0 Å². The molecule has 0 amide bonds. The molecule has 1 aliphatic carbocycles. The number of hydrogen-bond donors (Lipinski definition) is 0. The van der Waals surface area contributed by atoms with Crippen LogP contribution in [0.5, 0.6) is 0 Å². The van der Waals surface area contributed by atoms with Crippen molar-refractivity contribution < 1.29 is 4.79 Å². The van der Waals surface area contributed by atoms with Gasteiger partial charge >= 0.3 is 154 Å². The summed E-state index contributed by atoms with van der Waals surface area (Å²) in [4.78, 5) is 12.5. The normalized spacial score (nSPS) is 17.3. The molecular formula is C22H36OSn. The van der Waals surface area contributed by atoms with E-state index in [4.69, 9.17) is 0 Å². The number of fused-ring (bicyclic) bond motifs is 1. The molecule has 1 aromatic carbocycles. The van der Waals surface area contributed by atoms with Crippen molar-refractivity contribution in [2.45, 2.75) is 86.0 Å². The molecule has 0 saturated carbocycles. The van der Waals surface area contributed by atoms with Gasteiger partial charge in [0.2, 0.25) is 0 Å². The van der Waals surface area contributed by atoms with Crippen molar-refractivity contribution in [2.75, 3.05) is 0 Å². The predicted octanol–water partition coefficient (Wildman–Crippen LogP) is 6.12. The molecule has 0 heterocycles. The molecule has 0 spiro atoms. The Morgan fingerprint density at radius 3 is 2.00 bits per heavy atom. The zero-order chi connectivity index (χ0) is 17.6. The van der Waals surface area contributed by atoms with E-state index in [0.717, 1.165) is 12.0 Å². The molecule has 0 aliphatic heterocycles. The van der Waals surface area contributed by atoms with Crippen molar-refractivity contribution in [2.24, 2.45) is 5.92 Å². The molecule has 1 aromatic rings. The van der Waals surface area contributed by atoms with E-state index in [-0.39, 0.29) is 5.92 Å². The van der Waals surface area contributed by atoms with Crippen LogP contribution in [0.2, 0.25) is 13.3 Å². The number of Topliss-reactive ketones (excluding diaryl/α,β-unsaturated/α-hetero) is 1. The molecule has 1 atom stereocenters. The van der Waals surface area contributed by atoms with Crippen LogP contribution in [0, 0.1) is 5.92 Å². The van der Waals surface area contributed by atoms with Crippen LogP contribution >= 0.6 is 0 Å². The second-order valence-electron chi connectivity index (χ2n) is 7.89. The molecule has 134 valence electrons. The van der Waals surface area contributed by atoms with Gasteiger partial charge in [-0.1, -0.05) is 0 Å². The Hall–Kier alpha value is -0.311. The van der Waals surface area contributed by atoms with Crippen LogP contribution in [-0.4, -0.2) is 24.2 Å². The van der Waals surface area contributed by atoms with Crippen LogP contribution in [0.3, 0.4) is 0 Å². The number of unbranched alkanes of at least 4 members (excludes halogenated alkanes) is 3. The SMILES string of the molecule is CCC[CH2][Sn]([CH2]CCC)([CH2]CCC)[c]1cccc2c1CC(C)C2=O. The molecule has 0 bridgehead atoms. The summed E-state index contributed by atoms with van der Waals surface area (Å²) in [6, 6.07) is 6.74. The van der Waals surface area contributed by atoms with E-state index in [9.17, 15) is 4.79 Å². The van der Waals surface area contributed by atoms with Gasteiger partial charge in [0.1, 0.15) is 0 Å². The predicted molar refractivity (Wildman–Crippen MR) is 108 cm³/mol. The topological polar surface area (TPSA) is 17.1 Å². The number of carbonyl (C=O) groups excluding carboxylic acids is 1. The summed E-state index contributed by atoms with van der Waals surface area (Å²) in [6.45, 7) is 9.11. The summed E-state index contributed by atoms with van der Waals surface area (Å²) in [5.41, 5.74) is 2.56. The fourth-order valence-electron chi connectivity index (χ4n) is 4.52. The quantitative estimate of drug-likeness (QED) is 0.405. The first-order valence-corrected chi connectivity index (χ1v) is 17.7. The maximum absolute atomic E-state index is 12.5. The Kier molecular flexibility index (Phi) is 7.84. The second-order valence-corrected chi connectivity index (χ2v) is 21.0. The molecule has 1 nitrogen and oxygen atoms in total. The fourth-order valence-corrected chi connectivity index (χ4v) is 21.6. The van der Waals surface area contributed by atoms with E-state index in [1.807, 2.05) is 0 Å². The van der Waals surface area contributed by atoms with Crippen LogP contribution < -0.4 is 3.58 Å². The van der Waals surface area contributed by atoms with Gasteiger partial charge in [-0.3, -0.25) is 0 Å². The van der Waals surface area contributed by atoms with E-state index in [0.29, 0.717) is 5.78 Å². The molecule has 1 unspecified atom stereocenters. The Morgan fingerprint density at radius 2 is 1.50 bits per heavy atom. The maximum atomic E-state index is 12.5. The van der Waals surface area contributed by atoms with E-state index in [1.54, 1.807) is 3.58 Å². The van der Waals surface area contributed by atoms with Gasteiger partial charge in [0.25, 0.3) is 0 Å². The monoisotopic (exact) mass is 436 g/mol. The summed E-state index contributed by atoms with van der Waals surface area (Å²) in [5.74, 6) is 0.599. The first-order chi connectivity index (χ1) is 11.6. The minimum atomic E-state index is -2.42. The minimum absolute atomic E-state index is 0.202. The van der Waals surface area contributed by atoms with E-state index in [2.05, 4.69) is 45.9 Å². The molecule has 2 heteroatoms. The molecule has 0 N–H and O–H groups in total. The van der Waals surface area contributed by atoms with Crippen LogP contribution in [0.15, 0.2) is 18.2 Å². The molecule has 0 saturated heterocycles. The molecule has 0 radical (unpaired) electrons. The van der Waals surface area contributed by atoms with Crippen LogP contribution in [0.25, 0.3) is 0 Å². The van der Waals surface area contributed by atoms with Crippen molar-refractivity contribution in [1.29, 1.82) is 0 Å².